The van der Waals surface area contributed by atoms with Crippen molar-refractivity contribution in [2.75, 3.05) is 0 Å². The fraction of sp³-hybridized carbons (Fsp3) is 0.692. The second kappa shape index (κ2) is 4.88. The maximum absolute atomic E-state index is 11.8. The normalized spacial score (nSPS) is 17.3. The van der Waals surface area contributed by atoms with E-state index in [2.05, 4.69) is 10.3 Å². The van der Waals surface area contributed by atoms with Gasteiger partial charge in [0, 0.05) is 11.1 Å². The molecule has 0 radical (unpaired) electrons. The average molecular weight is 268 g/mol. The Morgan fingerprint density at radius 1 is 1.56 bits per heavy atom. The predicted molar refractivity (Wildman–Crippen MR) is 71.7 cm³/mol. The second-order valence-corrected chi connectivity index (χ2v) is 7.04. The number of alkyl carbamates (subject to hydrolysis) is 1. The van der Waals surface area contributed by atoms with Crippen LogP contribution in [0.2, 0.25) is 0 Å². The standard InChI is InChI=1S/C13H20N2O2S/c1-8-7-14-11(18-8)10(9-5-6-9)15-12(16)17-13(2,3)4/h7,9-10H,5-6H2,1-4H3,(H,15,16). The summed E-state index contributed by atoms with van der Waals surface area (Å²) in [6.07, 6.45) is 3.80. The highest BCUT2D eigenvalue weighted by molar-refractivity contribution is 7.11. The van der Waals surface area contributed by atoms with Gasteiger partial charge < -0.3 is 10.1 Å². The van der Waals surface area contributed by atoms with E-state index in [9.17, 15) is 4.79 Å². The summed E-state index contributed by atoms with van der Waals surface area (Å²) in [6, 6.07) is 0.0125. The summed E-state index contributed by atoms with van der Waals surface area (Å²) in [6.45, 7) is 7.63. The lowest BCUT2D eigenvalue weighted by molar-refractivity contribution is 0.0497. The highest BCUT2D eigenvalue weighted by atomic mass is 32.1. The number of nitrogens with one attached hydrogen (secondary N) is 1. The van der Waals surface area contributed by atoms with Crippen LogP contribution in [0.3, 0.4) is 0 Å². The van der Waals surface area contributed by atoms with Gasteiger partial charge in [0.25, 0.3) is 0 Å². The molecule has 1 N–H and O–H groups in total. The van der Waals surface area contributed by atoms with Crippen LogP contribution in [0, 0.1) is 12.8 Å². The monoisotopic (exact) mass is 268 g/mol. The van der Waals surface area contributed by atoms with E-state index in [0.717, 1.165) is 17.8 Å². The molecule has 18 heavy (non-hydrogen) atoms. The van der Waals surface area contributed by atoms with Gasteiger partial charge in [-0.15, -0.1) is 11.3 Å². The third-order valence-electron chi connectivity index (χ3n) is 2.67. The first-order valence-electron chi connectivity index (χ1n) is 6.27. The summed E-state index contributed by atoms with van der Waals surface area (Å²) in [5.74, 6) is 0.517. The number of ether oxygens (including phenoxy) is 1. The van der Waals surface area contributed by atoms with Gasteiger partial charge in [0.1, 0.15) is 10.6 Å². The maximum Gasteiger partial charge on any atom is 0.408 e. The predicted octanol–water partition coefficient (Wildman–Crippen LogP) is 3.43. The molecule has 1 amide bonds. The van der Waals surface area contributed by atoms with E-state index >= 15 is 0 Å². The summed E-state index contributed by atoms with van der Waals surface area (Å²) in [5.41, 5.74) is -0.461. The lowest BCUT2D eigenvalue weighted by Gasteiger charge is -2.22. The van der Waals surface area contributed by atoms with Gasteiger partial charge in [0.2, 0.25) is 0 Å². The van der Waals surface area contributed by atoms with Crippen LogP contribution >= 0.6 is 11.3 Å². The molecule has 1 aromatic heterocycles. The molecule has 1 aliphatic carbocycles. The van der Waals surface area contributed by atoms with Crippen LogP contribution in [-0.2, 0) is 4.74 Å². The third-order valence-corrected chi connectivity index (χ3v) is 3.67. The molecule has 0 bridgehead atoms. The molecule has 4 nitrogen and oxygen atoms in total. The molecule has 5 heteroatoms. The van der Waals surface area contributed by atoms with E-state index in [1.807, 2.05) is 33.9 Å². The summed E-state index contributed by atoms with van der Waals surface area (Å²) in [4.78, 5) is 17.4. The molecule has 0 aromatic carbocycles. The molecule has 2 rings (SSSR count). The van der Waals surface area contributed by atoms with Crippen molar-refractivity contribution in [1.29, 1.82) is 0 Å². The van der Waals surface area contributed by atoms with E-state index in [0.29, 0.717) is 5.92 Å². The Balaban J connectivity index is 2.01. The number of amides is 1. The van der Waals surface area contributed by atoms with Crippen molar-refractivity contribution in [3.8, 4) is 0 Å². The fourth-order valence-electron chi connectivity index (χ4n) is 1.76. The van der Waals surface area contributed by atoms with Crippen LogP contribution in [0.4, 0.5) is 4.79 Å². The first kappa shape index (κ1) is 13.3. The topological polar surface area (TPSA) is 51.2 Å². The van der Waals surface area contributed by atoms with Crippen molar-refractivity contribution in [3.05, 3.63) is 16.1 Å². The summed E-state index contributed by atoms with van der Waals surface area (Å²) >= 11 is 1.64. The first-order chi connectivity index (χ1) is 8.35. The Bertz CT molecular complexity index is 432. The van der Waals surface area contributed by atoms with Gasteiger partial charge in [-0.25, -0.2) is 9.78 Å². The van der Waals surface area contributed by atoms with Gasteiger partial charge >= 0.3 is 6.09 Å². The van der Waals surface area contributed by atoms with Gasteiger partial charge in [-0.1, -0.05) is 0 Å². The van der Waals surface area contributed by atoms with Crippen LogP contribution in [0.15, 0.2) is 6.20 Å². The Morgan fingerprint density at radius 3 is 2.67 bits per heavy atom. The van der Waals surface area contributed by atoms with E-state index in [1.54, 1.807) is 11.3 Å². The molecule has 0 spiro atoms. The summed E-state index contributed by atoms with van der Waals surface area (Å²) in [7, 11) is 0. The van der Waals surface area contributed by atoms with Gasteiger partial charge in [0.05, 0.1) is 6.04 Å². The highest BCUT2D eigenvalue weighted by Gasteiger charge is 2.36. The number of aromatic nitrogens is 1. The van der Waals surface area contributed by atoms with Crippen LogP contribution in [0.25, 0.3) is 0 Å². The molecule has 1 atom stereocenters. The van der Waals surface area contributed by atoms with Crippen LogP contribution in [0.1, 0.15) is 49.5 Å². The van der Waals surface area contributed by atoms with Gasteiger partial charge in [-0.05, 0) is 46.5 Å². The Morgan fingerprint density at radius 2 is 2.22 bits per heavy atom. The maximum atomic E-state index is 11.8. The first-order valence-corrected chi connectivity index (χ1v) is 7.08. The second-order valence-electron chi connectivity index (χ2n) is 5.77. The number of carbonyl (C=O) groups excluding carboxylic acids is 1. The Labute approximate surface area is 112 Å². The lowest BCUT2D eigenvalue weighted by Crippen LogP contribution is -2.35. The SMILES string of the molecule is Cc1cnc(C(NC(=O)OC(C)(C)C)C2CC2)s1. The molecule has 1 unspecified atom stereocenters. The van der Waals surface area contributed by atoms with Crippen LogP contribution in [0.5, 0.6) is 0 Å². The number of nitrogens with zero attached hydrogens (tertiary/aromatic N) is 1. The quantitative estimate of drug-likeness (QED) is 0.913. The van der Waals surface area contributed by atoms with E-state index in [-0.39, 0.29) is 12.1 Å². The van der Waals surface area contributed by atoms with Gasteiger partial charge in [-0.3, -0.25) is 0 Å². The molecular weight excluding hydrogens is 248 g/mol. The molecule has 1 aromatic rings. The minimum atomic E-state index is -0.461. The number of rotatable bonds is 3. The number of hydrogen-bond acceptors (Lipinski definition) is 4. The Hall–Kier alpha value is -1.10. The van der Waals surface area contributed by atoms with Crippen molar-refractivity contribution in [3.63, 3.8) is 0 Å². The van der Waals surface area contributed by atoms with E-state index < -0.39 is 5.60 Å². The molecule has 0 saturated heterocycles. The van der Waals surface area contributed by atoms with Crippen molar-refractivity contribution in [2.45, 2.75) is 52.2 Å². The van der Waals surface area contributed by atoms with Crippen LogP contribution < -0.4 is 5.32 Å². The number of hydrogen-bond donors (Lipinski definition) is 1. The molecule has 1 fully saturated rings. The van der Waals surface area contributed by atoms with Crippen molar-refractivity contribution < 1.29 is 9.53 Å². The molecule has 1 heterocycles. The lowest BCUT2D eigenvalue weighted by atomic mass is 10.2. The zero-order valence-electron chi connectivity index (χ0n) is 11.3. The number of carbonyl (C=O) groups is 1. The van der Waals surface area contributed by atoms with E-state index in [4.69, 9.17) is 4.74 Å². The molecule has 100 valence electrons. The third kappa shape index (κ3) is 3.70. The largest absolute Gasteiger partial charge is 0.444 e. The smallest absolute Gasteiger partial charge is 0.408 e. The number of aryl methyl sites for hydroxylation is 1. The fourth-order valence-corrected chi connectivity index (χ4v) is 2.68. The molecular formula is C13H20N2O2S. The van der Waals surface area contributed by atoms with Crippen molar-refractivity contribution >= 4 is 17.4 Å². The van der Waals surface area contributed by atoms with Crippen LogP contribution in [-0.4, -0.2) is 16.7 Å². The zero-order chi connectivity index (χ0) is 13.3. The zero-order valence-corrected chi connectivity index (χ0v) is 12.1. The minimum Gasteiger partial charge on any atom is -0.444 e. The van der Waals surface area contributed by atoms with E-state index in [1.165, 1.54) is 4.88 Å². The molecule has 0 aliphatic heterocycles. The van der Waals surface area contributed by atoms with Crippen molar-refractivity contribution in [1.82, 2.24) is 10.3 Å². The van der Waals surface area contributed by atoms with Crippen molar-refractivity contribution in [2.24, 2.45) is 5.92 Å². The summed E-state index contributed by atoms with van der Waals surface area (Å²) < 4.78 is 5.30. The number of thiazole rings is 1. The summed E-state index contributed by atoms with van der Waals surface area (Å²) in [5, 5.41) is 3.94. The van der Waals surface area contributed by atoms with Gasteiger partial charge in [0.15, 0.2) is 0 Å². The molecule has 1 aliphatic rings. The minimum absolute atomic E-state index is 0.0125. The van der Waals surface area contributed by atoms with Gasteiger partial charge in [-0.2, -0.15) is 0 Å². The Kier molecular flexibility index (Phi) is 3.61. The highest BCUT2D eigenvalue weighted by Crippen LogP contribution is 2.42. The average Bonchev–Trinajstić information content (AvgIpc) is 2.95. The molecule has 1 saturated carbocycles.